The Morgan fingerprint density at radius 1 is 0.970 bits per heavy atom. The zero-order valence-corrected chi connectivity index (χ0v) is 18.3. The number of nitro benzene ring substituents is 1. The molecular formula is C25H19ClN4O3. The molecule has 0 atom stereocenters. The van der Waals surface area contributed by atoms with Crippen molar-refractivity contribution in [1.82, 2.24) is 14.7 Å². The minimum absolute atomic E-state index is 0.00688. The number of hydrogen-bond donors (Lipinski definition) is 0. The van der Waals surface area contributed by atoms with E-state index < -0.39 is 4.92 Å². The molecule has 3 aromatic carbocycles. The Bertz CT molecular complexity index is 1360. The predicted molar refractivity (Wildman–Crippen MR) is 126 cm³/mol. The molecule has 33 heavy (non-hydrogen) atoms. The number of halogens is 1. The summed E-state index contributed by atoms with van der Waals surface area (Å²) < 4.78 is 1.56. The first-order chi connectivity index (χ1) is 16.0. The highest BCUT2D eigenvalue weighted by Crippen LogP contribution is 2.28. The highest BCUT2D eigenvalue weighted by Gasteiger charge is 2.26. The average molecular weight is 459 g/mol. The molecule has 0 fully saturated rings. The molecular weight excluding hydrogens is 440 g/mol. The molecule has 4 aromatic rings. The average Bonchev–Trinajstić information content (AvgIpc) is 3.29. The molecule has 1 aromatic heterocycles. The van der Waals surface area contributed by atoms with Gasteiger partial charge in [-0.1, -0.05) is 48.0 Å². The Kier molecular flexibility index (Phi) is 5.40. The molecule has 1 aliphatic rings. The normalized spacial score (nSPS) is 12.9. The molecule has 7 nitrogen and oxygen atoms in total. The minimum Gasteiger partial charge on any atom is -0.333 e. The standard InChI is InChI=1S/C25H19ClN4O3/c26-21-7-3-4-8-23(21)29-24(15-22(27-29)18-9-11-20(12-10-18)30(32)33)25(31)28-14-13-17-5-1-2-6-19(17)16-28/h1-12,15H,13-14,16H2. The van der Waals surface area contributed by atoms with Gasteiger partial charge >= 0.3 is 0 Å². The molecule has 1 aliphatic heterocycles. The number of nitro groups is 1. The number of non-ortho nitro benzene ring substituents is 1. The molecule has 8 heteroatoms. The number of aromatic nitrogens is 2. The van der Waals surface area contributed by atoms with E-state index in [9.17, 15) is 14.9 Å². The summed E-state index contributed by atoms with van der Waals surface area (Å²) in [6, 6.07) is 23.1. The first-order valence-electron chi connectivity index (χ1n) is 10.5. The highest BCUT2D eigenvalue weighted by molar-refractivity contribution is 6.32. The van der Waals surface area contributed by atoms with E-state index in [1.165, 1.54) is 17.7 Å². The number of fused-ring (bicyclic) bond motifs is 1. The van der Waals surface area contributed by atoms with Gasteiger partial charge in [0.25, 0.3) is 11.6 Å². The van der Waals surface area contributed by atoms with Crippen LogP contribution in [-0.4, -0.2) is 32.1 Å². The van der Waals surface area contributed by atoms with Crippen LogP contribution in [0.3, 0.4) is 0 Å². The Morgan fingerprint density at radius 3 is 2.39 bits per heavy atom. The molecule has 0 unspecified atom stereocenters. The van der Waals surface area contributed by atoms with E-state index in [1.54, 1.807) is 35.0 Å². The maximum atomic E-state index is 13.6. The maximum absolute atomic E-state index is 13.6. The van der Waals surface area contributed by atoms with Gasteiger partial charge in [-0.25, -0.2) is 4.68 Å². The van der Waals surface area contributed by atoms with Gasteiger partial charge in [0.2, 0.25) is 0 Å². The number of rotatable bonds is 4. The van der Waals surface area contributed by atoms with Crippen LogP contribution in [0.4, 0.5) is 5.69 Å². The van der Waals surface area contributed by atoms with Gasteiger partial charge in [-0.05, 0) is 47.9 Å². The zero-order valence-electron chi connectivity index (χ0n) is 17.5. The summed E-state index contributed by atoms with van der Waals surface area (Å²) in [4.78, 5) is 26.0. The maximum Gasteiger partial charge on any atom is 0.272 e. The zero-order chi connectivity index (χ0) is 22.9. The van der Waals surface area contributed by atoms with E-state index in [0.29, 0.717) is 40.8 Å². The largest absolute Gasteiger partial charge is 0.333 e. The van der Waals surface area contributed by atoms with E-state index >= 15 is 0 Å². The van der Waals surface area contributed by atoms with Gasteiger partial charge in [0, 0.05) is 30.8 Å². The molecule has 0 spiro atoms. The molecule has 5 rings (SSSR count). The van der Waals surface area contributed by atoms with E-state index in [4.69, 9.17) is 11.6 Å². The van der Waals surface area contributed by atoms with E-state index in [-0.39, 0.29) is 11.6 Å². The third-order valence-electron chi connectivity index (χ3n) is 5.80. The van der Waals surface area contributed by atoms with Gasteiger partial charge in [-0.15, -0.1) is 0 Å². The lowest BCUT2D eigenvalue weighted by Gasteiger charge is -2.29. The van der Waals surface area contributed by atoms with Gasteiger partial charge in [0.1, 0.15) is 5.69 Å². The van der Waals surface area contributed by atoms with Crippen LogP contribution in [0.1, 0.15) is 21.6 Å². The van der Waals surface area contributed by atoms with Crippen LogP contribution in [0.5, 0.6) is 0 Å². The lowest BCUT2D eigenvalue weighted by molar-refractivity contribution is -0.384. The second kappa shape index (κ2) is 8.52. The molecule has 0 radical (unpaired) electrons. The molecule has 0 aliphatic carbocycles. The number of hydrogen-bond acceptors (Lipinski definition) is 4. The summed E-state index contributed by atoms with van der Waals surface area (Å²) in [5.74, 6) is -0.148. The molecule has 2 heterocycles. The van der Waals surface area contributed by atoms with E-state index in [0.717, 1.165) is 12.0 Å². The lowest BCUT2D eigenvalue weighted by atomic mass is 9.99. The van der Waals surface area contributed by atoms with Crippen LogP contribution < -0.4 is 0 Å². The molecule has 164 valence electrons. The van der Waals surface area contributed by atoms with Crippen molar-refractivity contribution >= 4 is 23.2 Å². The van der Waals surface area contributed by atoms with E-state index in [2.05, 4.69) is 11.2 Å². The second-order valence-electron chi connectivity index (χ2n) is 7.83. The van der Waals surface area contributed by atoms with Gasteiger partial charge in [-0.2, -0.15) is 5.10 Å². The van der Waals surface area contributed by atoms with E-state index in [1.807, 2.05) is 35.2 Å². The monoisotopic (exact) mass is 458 g/mol. The molecule has 0 bridgehead atoms. The lowest BCUT2D eigenvalue weighted by Crippen LogP contribution is -2.37. The Balaban J connectivity index is 1.56. The summed E-state index contributed by atoms with van der Waals surface area (Å²) in [6.07, 6.45) is 0.789. The van der Waals surface area contributed by atoms with Crippen LogP contribution in [0.25, 0.3) is 16.9 Å². The van der Waals surface area contributed by atoms with Crippen molar-refractivity contribution in [3.8, 4) is 16.9 Å². The fraction of sp³-hybridized carbons (Fsp3) is 0.120. The summed E-state index contributed by atoms with van der Waals surface area (Å²) >= 11 is 6.44. The first-order valence-corrected chi connectivity index (χ1v) is 10.8. The molecule has 1 amide bonds. The fourth-order valence-corrected chi connectivity index (χ4v) is 4.28. The third-order valence-corrected chi connectivity index (χ3v) is 6.12. The van der Waals surface area contributed by atoms with Crippen LogP contribution in [0.15, 0.2) is 78.9 Å². The Morgan fingerprint density at radius 2 is 1.67 bits per heavy atom. The molecule has 0 saturated heterocycles. The van der Waals surface area contributed by atoms with Crippen molar-refractivity contribution in [3.05, 3.63) is 111 Å². The number of para-hydroxylation sites is 1. The van der Waals surface area contributed by atoms with Gasteiger partial charge < -0.3 is 4.90 Å². The van der Waals surface area contributed by atoms with Gasteiger partial charge in [0.05, 0.1) is 21.3 Å². The van der Waals surface area contributed by atoms with Crippen LogP contribution in [0, 0.1) is 10.1 Å². The van der Waals surface area contributed by atoms with Crippen molar-refractivity contribution < 1.29 is 9.72 Å². The quantitative estimate of drug-likeness (QED) is 0.307. The Labute approximate surface area is 195 Å². The number of amides is 1. The smallest absolute Gasteiger partial charge is 0.272 e. The summed E-state index contributed by atoms with van der Waals surface area (Å²) in [5, 5.41) is 16.1. The van der Waals surface area contributed by atoms with Crippen molar-refractivity contribution in [1.29, 1.82) is 0 Å². The van der Waals surface area contributed by atoms with Crippen molar-refractivity contribution in [2.45, 2.75) is 13.0 Å². The van der Waals surface area contributed by atoms with Crippen molar-refractivity contribution in [2.24, 2.45) is 0 Å². The molecule has 0 N–H and O–H groups in total. The van der Waals surface area contributed by atoms with Crippen LogP contribution in [0.2, 0.25) is 5.02 Å². The highest BCUT2D eigenvalue weighted by atomic mass is 35.5. The fourth-order valence-electron chi connectivity index (χ4n) is 4.07. The predicted octanol–water partition coefficient (Wildman–Crippen LogP) is 5.30. The third kappa shape index (κ3) is 3.99. The summed E-state index contributed by atoms with van der Waals surface area (Å²) in [5.41, 5.74) is 4.57. The number of benzene rings is 3. The summed E-state index contributed by atoms with van der Waals surface area (Å²) in [7, 11) is 0. The number of carbonyl (C=O) groups excluding carboxylic acids is 1. The van der Waals surface area contributed by atoms with Crippen LogP contribution in [-0.2, 0) is 13.0 Å². The van der Waals surface area contributed by atoms with Crippen LogP contribution >= 0.6 is 11.6 Å². The molecule has 0 saturated carbocycles. The first kappa shape index (κ1) is 20.9. The number of carbonyl (C=O) groups is 1. The number of nitrogens with zero attached hydrogens (tertiary/aromatic N) is 4. The minimum atomic E-state index is -0.449. The topological polar surface area (TPSA) is 81.3 Å². The summed E-state index contributed by atoms with van der Waals surface area (Å²) in [6.45, 7) is 1.13. The SMILES string of the molecule is O=C(c1cc(-c2ccc([N+](=O)[O-])cc2)nn1-c1ccccc1Cl)N1CCc2ccccc2C1. The van der Waals surface area contributed by atoms with Gasteiger partial charge in [-0.3, -0.25) is 14.9 Å². The van der Waals surface area contributed by atoms with Gasteiger partial charge in [0.15, 0.2) is 0 Å². The Hall–Kier alpha value is -3.97. The van der Waals surface area contributed by atoms with Crippen molar-refractivity contribution in [3.63, 3.8) is 0 Å². The second-order valence-corrected chi connectivity index (χ2v) is 8.23. The van der Waals surface area contributed by atoms with Crippen molar-refractivity contribution in [2.75, 3.05) is 6.54 Å².